The summed E-state index contributed by atoms with van der Waals surface area (Å²) < 4.78 is 25.9. The van der Waals surface area contributed by atoms with Crippen LogP contribution in [0.25, 0.3) is 0 Å². The van der Waals surface area contributed by atoms with Gasteiger partial charge >= 0.3 is 0 Å². The minimum Gasteiger partial charge on any atom is -0.508 e. The van der Waals surface area contributed by atoms with E-state index in [1.807, 2.05) is 0 Å². The van der Waals surface area contributed by atoms with Gasteiger partial charge in [0.05, 0.1) is 6.26 Å². The Morgan fingerprint density at radius 2 is 1.62 bits per heavy atom. The Kier molecular flexibility index (Phi) is 6.02. The SMILES string of the molecule is CS(=O)(=O)O.Oc1ccc(C2(Cl)CNCCc3cc(O)c(O)cc32)cc1. The van der Waals surface area contributed by atoms with Crippen LogP contribution in [0.3, 0.4) is 0 Å². The fraction of sp³-hybridized carbons (Fsp3) is 0.294. The van der Waals surface area contributed by atoms with Crippen LogP contribution in [0.15, 0.2) is 36.4 Å². The summed E-state index contributed by atoms with van der Waals surface area (Å²) in [5, 5.41) is 32.2. The molecule has 142 valence electrons. The van der Waals surface area contributed by atoms with Crippen LogP contribution < -0.4 is 5.32 Å². The van der Waals surface area contributed by atoms with Gasteiger partial charge in [-0.15, -0.1) is 11.6 Å². The number of aromatic hydroxyl groups is 3. The Morgan fingerprint density at radius 3 is 2.19 bits per heavy atom. The molecule has 0 saturated heterocycles. The van der Waals surface area contributed by atoms with Crippen molar-refractivity contribution in [1.82, 2.24) is 5.32 Å². The van der Waals surface area contributed by atoms with Crippen molar-refractivity contribution in [2.24, 2.45) is 0 Å². The summed E-state index contributed by atoms with van der Waals surface area (Å²) in [5.41, 5.74) is 2.50. The molecular weight excluding hydrogens is 382 g/mol. The van der Waals surface area contributed by atoms with Crippen LogP contribution in [0.2, 0.25) is 0 Å². The second kappa shape index (κ2) is 7.71. The highest BCUT2D eigenvalue weighted by Gasteiger charge is 2.36. The standard InChI is InChI=1S/C16H16ClNO3.CH4O3S/c17-16(11-1-3-12(19)4-2-11)9-18-6-5-10-7-14(20)15(21)8-13(10)16;1-5(2,3)4/h1-4,7-8,18-21H,5-6,9H2;1H3,(H,2,3,4). The third-order valence-corrected chi connectivity index (χ3v) is 4.45. The number of phenolic OH excluding ortho intramolecular Hbond substituents is 3. The van der Waals surface area contributed by atoms with E-state index in [9.17, 15) is 23.7 Å². The number of phenols is 3. The molecular formula is C17H20ClNO6S. The Balaban J connectivity index is 0.000000431. The third kappa shape index (κ3) is 5.01. The quantitative estimate of drug-likeness (QED) is 0.280. The Labute approximate surface area is 156 Å². The van der Waals surface area contributed by atoms with E-state index in [0.717, 1.165) is 29.7 Å². The fourth-order valence-corrected chi connectivity index (χ4v) is 3.15. The van der Waals surface area contributed by atoms with Gasteiger partial charge in [0.25, 0.3) is 10.1 Å². The maximum Gasteiger partial charge on any atom is 0.261 e. The summed E-state index contributed by atoms with van der Waals surface area (Å²) in [6.45, 7) is 1.24. The van der Waals surface area contributed by atoms with Crippen molar-refractivity contribution in [3.63, 3.8) is 0 Å². The molecule has 3 rings (SSSR count). The first-order valence-corrected chi connectivity index (χ1v) is 9.90. The monoisotopic (exact) mass is 401 g/mol. The Morgan fingerprint density at radius 1 is 1.08 bits per heavy atom. The van der Waals surface area contributed by atoms with Gasteiger partial charge in [-0.1, -0.05) is 12.1 Å². The van der Waals surface area contributed by atoms with Gasteiger partial charge in [-0.3, -0.25) is 4.55 Å². The first-order valence-electron chi connectivity index (χ1n) is 7.67. The van der Waals surface area contributed by atoms with Gasteiger partial charge in [-0.05, 0) is 53.9 Å². The fourth-order valence-electron chi connectivity index (χ4n) is 2.76. The number of rotatable bonds is 1. The summed E-state index contributed by atoms with van der Waals surface area (Å²) >= 11 is 6.88. The highest BCUT2D eigenvalue weighted by Crippen LogP contribution is 2.43. The lowest BCUT2D eigenvalue weighted by Gasteiger charge is -2.28. The van der Waals surface area contributed by atoms with Crippen LogP contribution >= 0.6 is 11.6 Å². The number of benzene rings is 2. The summed E-state index contributed by atoms with van der Waals surface area (Å²) in [6.07, 6.45) is 1.43. The number of fused-ring (bicyclic) bond motifs is 1. The van der Waals surface area contributed by atoms with E-state index in [1.54, 1.807) is 30.3 Å². The summed E-state index contributed by atoms with van der Waals surface area (Å²) in [7, 11) is -3.67. The van der Waals surface area contributed by atoms with E-state index >= 15 is 0 Å². The first-order chi connectivity index (χ1) is 12.0. The summed E-state index contributed by atoms with van der Waals surface area (Å²) in [5.74, 6) is -0.144. The van der Waals surface area contributed by atoms with Gasteiger partial charge in [0.2, 0.25) is 0 Å². The van der Waals surface area contributed by atoms with Gasteiger partial charge < -0.3 is 20.6 Å². The molecule has 0 aromatic heterocycles. The van der Waals surface area contributed by atoms with Crippen LogP contribution in [0.4, 0.5) is 0 Å². The van der Waals surface area contributed by atoms with Crippen molar-refractivity contribution in [3.05, 3.63) is 53.1 Å². The predicted molar refractivity (Wildman–Crippen MR) is 98.6 cm³/mol. The van der Waals surface area contributed by atoms with E-state index in [4.69, 9.17) is 16.2 Å². The average Bonchev–Trinajstić information content (AvgIpc) is 2.68. The van der Waals surface area contributed by atoms with Gasteiger partial charge in [-0.2, -0.15) is 8.42 Å². The largest absolute Gasteiger partial charge is 0.508 e. The number of hydrogen-bond acceptors (Lipinski definition) is 6. The molecule has 0 saturated carbocycles. The lowest BCUT2D eigenvalue weighted by atomic mass is 9.87. The molecule has 0 fully saturated rings. The van der Waals surface area contributed by atoms with Crippen molar-refractivity contribution < 1.29 is 28.3 Å². The van der Waals surface area contributed by atoms with Crippen LogP contribution in [-0.4, -0.2) is 47.6 Å². The second-order valence-electron chi connectivity index (χ2n) is 6.01. The molecule has 0 radical (unpaired) electrons. The van der Waals surface area contributed by atoms with Crippen molar-refractivity contribution in [2.75, 3.05) is 19.3 Å². The van der Waals surface area contributed by atoms with Crippen LogP contribution in [-0.2, 0) is 21.4 Å². The highest BCUT2D eigenvalue weighted by atomic mass is 35.5. The molecule has 7 nitrogen and oxygen atoms in total. The van der Waals surface area contributed by atoms with Crippen molar-refractivity contribution in [2.45, 2.75) is 11.3 Å². The van der Waals surface area contributed by atoms with E-state index in [2.05, 4.69) is 5.32 Å². The van der Waals surface area contributed by atoms with E-state index in [1.165, 1.54) is 6.07 Å². The molecule has 5 N–H and O–H groups in total. The van der Waals surface area contributed by atoms with Crippen LogP contribution in [0, 0.1) is 0 Å². The molecule has 2 aromatic rings. The maximum atomic E-state index is 9.82. The lowest BCUT2D eigenvalue weighted by molar-refractivity contribution is 0.402. The predicted octanol–water partition coefficient (Wildman–Crippen LogP) is 1.94. The molecule has 0 bridgehead atoms. The number of alkyl halides is 1. The molecule has 1 heterocycles. The molecule has 1 aliphatic heterocycles. The first kappa shape index (κ1) is 20.3. The van der Waals surface area contributed by atoms with Crippen molar-refractivity contribution in [1.29, 1.82) is 0 Å². The molecule has 1 unspecified atom stereocenters. The molecule has 2 aromatic carbocycles. The number of hydrogen-bond donors (Lipinski definition) is 5. The summed E-state index contributed by atoms with van der Waals surface area (Å²) in [6, 6.07) is 9.80. The summed E-state index contributed by atoms with van der Waals surface area (Å²) in [4.78, 5) is -0.856. The van der Waals surface area contributed by atoms with Gasteiger partial charge in [0.1, 0.15) is 10.6 Å². The smallest absolute Gasteiger partial charge is 0.261 e. The second-order valence-corrected chi connectivity index (χ2v) is 8.12. The molecule has 1 aliphatic rings. The highest BCUT2D eigenvalue weighted by molar-refractivity contribution is 7.85. The van der Waals surface area contributed by atoms with Crippen LogP contribution in [0.5, 0.6) is 17.2 Å². The molecule has 0 aliphatic carbocycles. The lowest BCUT2D eigenvalue weighted by Crippen LogP contribution is -2.33. The zero-order valence-electron chi connectivity index (χ0n) is 14.0. The third-order valence-electron chi connectivity index (χ3n) is 3.89. The van der Waals surface area contributed by atoms with Gasteiger partial charge in [-0.25, -0.2) is 0 Å². The maximum absolute atomic E-state index is 9.82. The Bertz CT molecular complexity index is 877. The van der Waals surface area contributed by atoms with E-state index < -0.39 is 15.0 Å². The minimum absolute atomic E-state index is 0.139. The molecule has 9 heteroatoms. The van der Waals surface area contributed by atoms with E-state index in [0.29, 0.717) is 12.8 Å². The van der Waals surface area contributed by atoms with E-state index in [-0.39, 0.29) is 17.2 Å². The normalized spacial score (nSPS) is 19.7. The zero-order valence-corrected chi connectivity index (χ0v) is 15.5. The Hall–Kier alpha value is -2.00. The molecule has 0 spiro atoms. The minimum atomic E-state index is -3.67. The number of nitrogens with one attached hydrogen (secondary N) is 1. The molecule has 0 amide bonds. The van der Waals surface area contributed by atoms with Crippen LogP contribution in [0.1, 0.15) is 16.7 Å². The van der Waals surface area contributed by atoms with Gasteiger partial charge in [0, 0.05) is 6.54 Å². The number of halogens is 1. The topological polar surface area (TPSA) is 127 Å². The van der Waals surface area contributed by atoms with Crippen molar-refractivity contribution >= 4 is 21.7 Å². The van der Waals surface area contributed by atoms with Gasteiger partial charge in [0.15, 0.2) is 11.5 Å². The molecule has 26 heavy (non-hydrogen) atoms. The van der Waals surface area contributed by atoms with Crippen molar-refractivity contribution in [3.8, 4) is 17.2 Å². The zero-order chi connectivity index (χ0) is 19.5. The molecule has 1 atom stereocenters. The average molecular weight is 402 g/mol.